The molecule has 3 aromatic rings. The smallest absolute Gasteiger partial charge is 0.258 e. The largest absolute Gasteiger partial charge is 0.329 e. The van der Waals surface area contributed by atoms with Gasteiger partial charge in [-0.25, -0.2) is 4.98 Å². The summed E-state index contributed by atoms with van der Waals surface area (Å²) in [4.78, 5) is 18.7. The van der Waals surface area contributed by atoms with Crippen molar-refractivity contribution >= 4 is 33.2 Å². The second kappa shape index (κ2) is 3.98. The van der Waals surface area contributed by atoms with Crippen molar-refractivity contribution in [3.8, 4) is 10.6 Å². The Labute approximate surface area is 106 Å². The lowest BCUT2D eigenvalue weighted by atomic mass is 10.3. The molecule has 0 atom stereocenters. The van der Waals surface area contributed by atoms with Crippen LogP contribution in [0.15, 0.2) is 41.3 Å². The molecule has 5 heteroatoms. The topological polar surface area (TPSA) is 45.8 Å². The van der Waals surface area contributed by atoms with Gasteiger partial charge in [-0.1, -0.05) is 11.6 Å². The predicted molar refractivity (Wildman–Crippen MR) is 70.7 cm³/mol. The average Bonchev–Trinajstić information content (AvgIpc) is 2.72. The van der Waals surface area contributed by atoms with Crippen LogP contribution in [0.3, 0.4) is 0 Å². The van der Waals surface area contributed by atoms with E-state index in [1.54, 1.807) is 24.4 Å². The molecule has 1 aromatic carbocycles. The van der Waals surface area contributed by atoms with E-state index in [9.17, 15) is 4.79 Å². The van der Waals surface area contributed by atoms with Crippen LogP contribution in [-0.2, 0) is 0 Å². The second-order valence-electron chi connectivity index (χ2n) is 3.54. The highest BCUT2D eigenvalue weighted by Gasteiger charge is 2.09. The van der Waals surface area contributed by atoms with E-state index in [-0.39, 0.29) is 5.56 Å². The number of benzene rings is 1. The van der Waals surface area contributed by atoms with Gasteiger partial charge in [0.15, 0.2) is 0 Å². The number of hydrogen-bond donors (Lipinski definition) is 1. The molecule has 0 unspecified atom stereocenters. The van der Waals surface area contributed by atoms with Crippen molar-refractivity contribution in [1.29, 1.82) is 0 Å². The minimum absolute atomic E-state index is 0.127. The fourth-order valence-electron chi connectivity index (χ4n) is 1.60. The van der Waals surface area contributed by atoms with Crippen LogP contribution in [-0.4, -0.2) is 9.97 Å². The number of H-pyrrole nitrogens is 1. The number of fused-ring (bicyclic) bond motifs is 1. The zero-order chi connectivity index (χ0) is 11.8. The molecular formula is C12H7ClN2OS. The summed E-state index contributed by atoms with van der Waals surface area (Å²) >= 11 is 7.38. The van der Waals surface area contributed by atoms with Gasteiger partial charge < -0.3 is 4.98 Å². The maximum absolute atomic E-state index is 11.6. The molecule has 0 aliphatic heterocycles. The van der Waals surface area contributed by atoms with E-state index in [0.717, 1.165) is 10.2 Å². The van der Waals surface area contributed by atoms with Crippen LogP contribution in [0.2, 0.25) is 5.02 Å². The van der Waals surface area contributed by atoms with Gasteiger partial charge in [0.05, 0.1) is 15.8 Å². The Bertz CT molecular complexity index is 747. The van der Waals surface area contributed by atoms with E-state index in [4.69, 9.17) is 11.6 Å². The van der Waals surface area contributed by atoms with Crippen LogP contribution in [0, 0.1) is 0 Å². The Balaban J connectivity index is 2.25. The van der Waals surface area contributed by atoms with Crippen molar-refractivity contribution in [3.63, 3.8) is 0 Å². The first-order chi connectivity index (χ1) is 8.24. The van der Waals surface area contributed by atoms with E-state index < -0.39 is 0 Å². The lowest BCUT2D eigenvalue weighted by Crippen LogP contribution is -2.06. The number of pyridine rings is 1. The van der Waals surface area contributed by atoms with E-state index in [0.29, 0.717) is 15.6 Å². The third kappa shape index (κ3) is 1.85. The first kappa shape index (κ1) is 10.5. The van der Waals surface area contributed by atoms with Gasteiger partial charge in [-0.3, -0.25) is 4.79 Å². The normalized spacial score (nSPS) is 10.9. The molecule has 0 saturated heterocycles. The lowest BCUT2D eigenvalue weighted by molar-refractivity contribution is 1.24. The van der Waals surface area contributed by atoms with E-state index in [1.807, 2.05) is 12.1 Å². The molecule has 2 aromatic heterocycles. The number of aromatic nitrogens is 2. The summed E-state index contributed by atoms with van der Waals surface area (Å²) in [5.41, 5.74) is 1.32. The molecule has 17 heavy (non-hydrogen) atoms. The van der Waals surface area contributed by atoms with Gasteiger partial charge in [-0.15, -0.1) is 11.3 Å². The van der Waals surface area contributed by atoms with Crippen LogP contribution < -0.4 is 5.56 Å². The minimum Gasteiger partial charge on any atom is -0.329 e. The number of nitrogens with zero attached hydrogens (tertiary/aromatic N) is 1. The van der Waals surface area contributed by atoms with Gasteiger partial charge >= 0.3 is 0 Å². The summed E-state index contributed by atoms with van der Waals surface area (Å²) < 4.78 is 0.982. The Morgan fingerprint density at radius 1 is 1.29 bits per heavy atom. The SMILES string of the molecule is O=c1[nH]cccc1-c1nc2ccc(Cl)cc2s1. The molecule has 0 aliphatic rings. The number of nitrogens with one attached hydrogen (secondary N) is 1. The highest BCUT2D eigenvalue weighted by Crippen LogP contribution is 2.29. The van der Waals surface area contributed by atoms with E-state index in [2.05, 4.69) is 9.97 Å². The summed E-state index contributed by atoms with van der Waals surface area (Å²) in [6, 6.07) is 9.06. The van der Waals surface area contributed by atoms with Crippen molar-refractivity contribution in [2.24, 2.45) is 0 Å². The number of thiazole rings is 1. The van der Waals surface area contributed by atoms with Gasteiger partial charge in [0.2, 0.25) is 0 Å². The molecule has 0 spiro atoms. The fraction of sp³-hybridized carbons (Fsp3) is 0. The molecule has 0 saturated carbocycles. The quantitative estimate of drug-likeness (QED) is 0.731. The summed E-state index contributed by atoms with van der Waals surface area (Å²) in [7, 11) is 0. The lowest BCUT2D eigenvalue weighted by Gasteiger charge is -1.91. The van der Waals surface area contributed by atoms with Gasteiger partial charge in [0.25, 0.3) is 5.56 Å². The third-order valence-electron chi connectivity index (χ3n) is 2.40. The van der Waals surface area contributed by atoms with Crippen LogP contribution in [0.4, 0.5) is 0 Å². The number of aromatic amines is 1. The van der Waals surface area contributed by atoms with Crippen LogP contribution >= 0.6 is 22.9 Å². The Hall–Kier alpha value is -1.65. The molecule has 3 nitrogen and oxygen atoms in total. The number of halogens is 1. The van der Waals surface area contributed by atoms with Crippen molar-refractivity contribution in [1.82, 2.24) is 9.97 Å². The molecule has 2 heterocycles. The standard InChI is InChI=1S/C12H7ClN2OS/c13-7-3-4-9-10(6-7)17-12(15-9)8-2-1-5-14-11(8)16/h1-6H,(H,14,16). The zero-order valence-electron chi connectivity index (χ0n) is 8.61. The molecular weight excluding hydrogens is 256 g/mol. The molecule has 0 amide bonds. The summed E-state index contributed by atoms with van der Waals surface area (Å²) in [6.07, 6.45) is 1.61. The monoisotopic (exact) mass is 262 g/mol. The summed E-state index contributed by atoms with van der Waals surface area (Å²) in [6.45, 7) is 0. The molecule has 0 fully saturated rings. The molecule has 0 radical (unpaired) electrons. The second-order valence-corrected chi connectivity index (χ2v) is 5.01. The van der Waals surface area contributed by atoms with Crippen LogP contribution in [0.5, 0.6) is 0 Å². The van der Waals surface area contributed by atoms with E-state index in [1.165, 1.54) is 11.3 Å². The third-order valence-corrected chi connectivity index (χ3v) is 3.69. The van der Waals surface area contributed by atoms with Crippen LogP contribution in [0.1, 0.15) is 0 Å². The zero-order valence-corrected chi connectivity index (χ0v) is 10.2. The maximum Gasteiger partial charge on any atom is 0.258 e. The van der Waals surface area contributed by atoms with Crippen molar-refractivity contribution in [2.75, 3.05) is 0 Å². The Morgan fingerprint density at radius 3 is 3.00 bits per heavy atom. The summed E-state index contributed by atoms with van der Waals surface area (Å²) in [5, 5.41) is 1.39. The number of hydrogen-bond acceptors (Lipinski definition) is 3. The van der Waals surface area contributed by atoms with Crippen molar-refractivity contribution in [2.45, 2.75) is 0 Å². The fourth-order valence-corrected chi connectivity index (χ4v) is 2.87. The highest BCUT2D eigenvalue weighted by atomic mass is 35.5. The van der Waals surface area contributed by atoms with Crippen LogP contribution in [0.25, 0.3) is 20.8 Å². The van der Waals surface area contributed by atoms with Gasteiger partial charge in [-0.05, 0) is 30.3 Å². The molecule has 0 aliphatic carbocycles. The molecule has 84 valence electrons. The van der Waals surface area contributed by atoms with Crippen molar-refractivity contribution in [3.05, 3.63) is 51.9 Å². The molecule has 1 N–H and O–H groups in total. The first-order valence-corrected chi connectivity index (χ1v) is 6.18. The first-order valence-electron chi connectivity index (χ1n) is 4.98. The molecule has 3 rings (SSSR count). The van der Waals surface area contributed by atoms with E-state index >= 15 is 0 Å². The van der Waals surface area contributed by atoms with Gasteiger partial charge in [0.1, 0.15) is 5.01 Å². The highest BCUT2D eigenvalue weighted by molar-refractivity contribution is 7.21. The average molecular weight is 263 g/mol. The Morgan fingerprint density at radius 2 is 2.18 bits per heavy atom. The van der Waals surface area contributed by atoms with Crippen molar-refractivity contribution < 1.29 is 0 Å². The predicted octanol–water partition coefficient (Wildman–Crippen LogP) is 3.31. The minimum atomic E-state index is -0.127. The number of rotatable bonds is 1. The Kier molecular flexibility index (Phi) is 2.46. The molecule has 0 bridgehead atoms. The maximum atomic E-state index is 11.6. The van der Waals surface area contributed by atoms with Gasteiger partial charge in [0, 0.05) is 11.2 Å². The summed E-state index contributed by atoms with van der Waals surface area (Å²) in [5.74, 6) is 0. The van der Waals surface area contributed by atoms with Gasteiger partial charge in [-0.2, -0.15) is 0 Å².